The lowest BCUT2D eigenvalue weighted by Crippen LogP contribution is -2.57. The molecule has 0 fully saturated rings. The Morgan fingerprint density at radius 2 is 1.90 bits per heavy atom. The van der Waals surface area contributed by atoms with E-state index >= 15 is 0 Å². The molecule has 0 unspecified atom stereocenters. The van der Waals surface area contributed by atoms with Gasteiger partial charge in [0.05, 0.1) is 13.1 Å². The number of amidine groups is 1. The van der Waals surface area contributed by atoms with Crippen LogP contribution in [0.3, 0.4) is 0 Å². The van der Waals surface area contributed by atoms with E-state index in [4.69, 9.17) is 10.5 Å². The van der Waals surface area contributed by atoms with E-state index in [1.54, 1.807) is 18.7 Å². The van der Waals surface area contributed by atoms with E-state index in [2.05, 4.69) is 10.3 Å². The zero-order valence-electron chi connectivity index (χ0n) is 12.8. The minimum absolute atomic E-state index is 0.283. The normalized spacial score (nSPS) is 16.4. The van der Waals surface area contributed by atoms with Gasteiger partial charge in [-0.3, -0.25) is 14.7 Å². The van der Waals surface area contributed by atoms with Crippen LogP contribution in [0.2, 0.25) is 0 Å². The molecule has 0 bridgehead atoms. The van der Waals surface area contributed by atoms with Crippen LogP contribution < -0.4 is 11.1 Å². The van der Waals surface area contributed by atoms with Crippen molar-refractivity contribution in [3.05, 3.63) is 0 Å². The highest BCUT2D eigenvalue weighted by molar-refractivity contribution is 5.94. The van der Waals surface area contributed by atoms with E-state index < -0.39 is 17.0 Å². The number of amides is 2. The fourth-order valence-corrected chi connectivity index (χ4v) is 1.60. The van der Waals surface area contributed by atoms with Crippen molar-refractivity contribution in [3.8, 4) is 0 Å². The van der Waals surface area contributed by atoms with Gasteiger partial charge in [-0.15, -0.1) is 0 Å². The lowest BCUT2D eigenvalue weighted by Gasteiger charge is -2.32. The van der Waals surface area contributed by atoms with E-state index in [1.807, 2.05) is 20.8 Å². The highest BCUT2D eigenvalue weighted by Gasteiger charge is 2.30. The summed E-state index contributed by atoms with van der Waals surface area (Å²) in [6.45, 7) is 10.0. The van der Waals surface area contributed by atoms with Crippen LogP contribution in [0.25, 0.3) is 0 Å². The second-order valence-corrected chi connectivity index (χ2v) is 6.34. The molecule has 2 amide bonds. The van der Waals surface area contributed by atoms with Crippen molar-refractivity contribution < 1.29 is 14.3 Å². The fourth-order valence-electron chi connectivity index (χ4n) is 1.60. The SMILES string of the molecule is CC(C)(C)OC(=O)N1CCN=C(NC(C)(C)C(N)=O)C1. The molecular weight excluding hydrogens is 260 g/mol. The lowest BCUT2D eigenvalue weighted by atomic mass is 10.1. The highest BCUT2D eigenvalue weighted by atomic mass is 16.6. The smallest absolute Gasteiger partial charge is 0.410 e. The summed E-state index contributed by atoms with van der Waals surface area (Å²) in [5.41, 5.74) is 3.86. The Labute approximate surface area is 119 Å². The van der Waals surface area contributed by atoms with E-state index in [0.717, 1.165) is 0 Å². The predicted octanol–water partition coefficient (Wildman–Crippen LogP) is 0.489. The van der Waals surface area contributed by atoms with Crippen LogP contribution in [0.1, 0.15) is 34.6 Å². The molecule has 0 saturated carbocycles. The van der Waals surface area contributed by atoms with Gasteiger partial charge in [0.15, 0.2) is 0 Å². The number of hydrogen-bond acceptors (Lipinski definition) is 5. The molecule has 0 saturated heterocycles. The molecule has 1 heterocycles. The van der Waals surface area contributed by atoms with Gasteiger partial charge in [0.25, 0.3) is 0 Å². The summed E-state index contributed by atoms with van der Waals surface area (Å²) in [5, 5.41) is 2.97. The standard InChI is InChI=1S/C13H24N4O3/c1-12(2,3)20-11(19)17-7-6-15-9(8-17)16-13(4,5)10(14)18/h6-8H2,1-5H3,(H2,14,18)(H,15,16). The van der Waals surface area contributed by atoms with Gasteiger partial charge in [-0.2, -0.15) is 0 Å². The summed E-state index contributed by atoms with van der Waals surface area (Å²) in [5.74, 6) is 0.0838. The van der Waals surface area contributed by atoms with Crippen molar-refractivity contribution in [3.63, 3.8) is 0 Å². The topological polar surface area (TPSA) is 97.0 Å². The van der Waals surface area contributed by atoms with Crippen molar-refractivity contribution in [1.82, 2.24) is 10.2 Å². The summed E-state index contributed by atoms with van der Waals surface area (Å²) in [6.07, 6.45) is -0.386. The average Bonchev–Trinajstić information content (AvgIpc) is 2.26. The quantitative estimate of drug-likeness (QED) is 0.771. The van der Waals surface area contributed by atoms with Gasteiger partial charge in [-0.05, 0) is 34.6 Å². The maximum absolute atomic E-state index is 12.0. The summed E-state index contributed by atoms with van der Waals surface area (Å²) in [4.78, 5) is 29.1. The number of nitrogens with zero attached hydrogens (tertiary/aromatic N) is 2. The molecule has 0 aromatic rings. The number of nitrogens with two attached hydrogens (primary N) is 1. The second kappa shape index (κ2) is 5.68. The predicted molar refractivity (Wildman–Crippen MR) is 76.5 cm³/mol. The third kappa shape index (κ3) is 4.71. The zero-order chi connectivity index (χ0) is 15.6. The molecule has 0 aromatic heterocycles. The molecule has 0 aliphatic carbocycles. The van der Waals surface area contributed by atoms with Gasteiger partial charge in [-0.25, -0.2) is 4.79 Å². The first-order valence-corrected chi connectivity index (χ1v) is 6.60. The number of rotatable bonds is 2. The second-order valence-electron chi connectivity index (χ2n) is 6.34. The molecule has 1 aliphatic rings. The van der Waals surface area contributed by atoms with Crippen molar-refractivity contribution in [2.75, 3.05) is 19.6 Å². The molecule has 20 heavy (non-hydrogen) atoms. The third-order valence-corrected chi connectivity index (χ3v) is 2.74. The van der Waals surface area contributed by atoms with Crippen molar-refractivity contribution in [2.24, 2.45) is 10.7 Å². The molecular formula is C13H24N4O3. The summed E-state index contributed by atoms with van der Waals surface area (Å²) in [6, 6.07) is 0. The number of hydrogen-bond donors (Lipinski definition) is 2. The van der Waals surface area contributed by atoms with Crippen LogP contribution in [-0.4, -0.2) is 53.5 Å². The van der Waals surface area contributed by atoms with E-state index in [-0.39, 0.29) is 12.6 Å². The van der Waals surface area contributed by atoms with Crippen molar-refractivity contribution >= 4 is 17.8 Å². The molecule has 7 nitrogen and oxygen atoms in total. The zero-order valence-corrected chi connectivity index (χ0v) is 12.8. The number of ether oxygens (including phenoxy) is 1. The first kappa shape index (κ1) is 16.3. The van der Waals surface area contributed by atoms with Crippen LogP contribution in [0.4, 0.5) is 4.79 Å². The molecule has 0 atom stereocenters. The Hall–Kier alpha value is -1.79. The Kier molecular flexibility index (Phi) is 4.62. The molecule has 0 aromatic carbocycles. The fraction of sp³-hybridized carbons (Fsp3) is 0.769. The number of aliphatic imine (C=N–C) groups is 1. The van der Waals surface area contributed by atoms with Crippen LogP contribution in [0.15, 0.2) is 4.99 Å². The minimum atomic E-state index is -0.907. The number of primary amides is 1. The van der Waals surface area contributed by atoms with Crippen LogP contribution in [-0.2, 0) is 9.53 Å². The van der Waals surface area contributed by atoms with Gasteiger partial charge < -0.3 is 15.8 Å². The average molecular weight is 284 g/mol. The van der Waals surface area contributed by atoms with Gasteiger partial charge >= 0.3 is 6.09 Å². The first-order valence-electron chi connectivity index (χ1n) is 6.60. The highest BCUT2D eigenvalue weighted by Crippen LogP contribution is 2.11. The van der Waals surface area contributed by atoms with Gasteiger partial charge in [0, 0.05) is 6.54 Å². The minimum Gasteiger partial charge on any atom is -0.444 e. The Bertz CT molecular complexity index is 424. The molecule has 1 aliphatic heterocycles. The monoisotopic (exact) mass is 284 g/mol. The van der Waals surface area contributed by atoms with Crippen molar-refractivity contribution in [1.29, 1.82) is 0 Å². The van der Waals surface area contributed by atoms with Crippen LogP contribution >= 0.6 is 0 Å². The van der Waals surface area contributed by atoms with Crippen LogP contribution in [0, 0.1) is 0 Å². The maximum Gasteiger partial charge on any atom is 0.410 e. The molecule has 0 radical (unpaired) electrons. The summed E-state index contributed by atoms with van der Waals surface area (Å²) in [7, 11) is 0. The largest absolute Gasteiger partial charge is 0.444 e. The Morgan fingerprint density at radius 1 is 1.30 bits per heavy atom. The maximum atomic E-state index is 12.0. The van der Waals surface area contributed by atoms with E-state index in [0.29, 0.717) is 18.9 Å². The van der Waals surface area contributed by atoms with E-state index in [9.17, 15) is 9.59 Å². The molecule has 114 valence electrons. The van der Waals surface area contributed by atoms with Gasteiger partial charge in [-0.1, -0.05) is 0 Å². The van der Waals surface area contributed by atoms with Gasteiger partial charge in [0.2, 0.25) is 5.91 Å². The van der Waals surface area contributed by atoms with Crippen molar-refractivity contribution in [2.45, 2.75) is 45.8 Å². The Balaban J connectivity index is 2.65. The summed E-state index contributed by atoms with van der Waals surface area (Å²) < 4.78 is 5.32. The Morgan fingerprint density at radius 3 is 2.40 bits per heavy atom. The lowest BCUT2D eigenvalue weighted by molar-refractivity contribution is -0.122. The third-order valence-electron chi connectivity index (χ3n) is 2.74. The number of carbonyl (C=O) groups excluding carboxylic acids is 2. The van der Waals surface area contributed by atoms with Crippen LogP contribution in [0.5, 0.6) is 0 Å². The molecule has 3 N–H and O–H groups in total. The summed E-state index contributed by atoms with van der Waals surface area (Å²) >= 11 is 0. The first-order chi connectivity index (χ1) is 9.01. The van der Waals surface area contributed by atoms with E-state index in [1.165, 1.54) is 0 Å². The number of nitrogens with one attached hydrogen (secondary N) is 1. The molecule has 1 rings (SSSR count). The molecule has 0 spiro atoms. The number of carbonyl (C=O) groups is 2. The molecule has 7 heteroatoms. The van der Waals surface area contributed by atoms with Gasteiger partial charge in [0.1, 0.15) is 17.0 Å².